The van der Waals surface area contributed by atoms with Crippen LogP contribution >= 0.6 is 39.9 Å². The van der Waals surface area contributed by atoms with Crippen molar-refractivity contribution in [1.29, 1.82) is 0 Å². The molecule has 3 rings (SSSR count). The highest BCUT2D eigenvalue weighted by Crippen LogP contribution is 2.34. The minimum Gasteiger partial charge on any atom is -0.488 e. The Kier molecular flexibility index (Phi) is 5.61. The van der Waals surface area contributed by atoms with Crippen molar-refractivity contribution in [1.82, 2.24) is 4.90 Å². The van der Waals surface area contributed by atoms with Gasteiger partial charge in [-0.2, -0.15) is 0 Å². The van der Waals surface area contributed by atoms with Crippen LogP contribution in [-0.2, 0) is 11.4 Å². The lowest BCUT2D eigenvalue weighted by Gasteiger charge is -2.11. The number of hydrogen-bond acceptors (Lipinski definition) is 4. The summed E-state index contributed by atoms with van der Waals surface area (Å²) < 4.78 is 7.49. The number of nitrogens with zero attached hydrogens (tertiary/aromatic N) is 1. The number of benzene rings is 2. The Hall–Kier alpha value is -1.63. The second-order valence-electron chi connectivity index (χ2n) is 5.70. The van der Waals surface area contributed by atoms with E-state index in [0.29, 0.717) is 15.8 Å². The molecule has 0 aliphatic carbocycles. The molecular weight excluding hydrogens is 418 g/mol. The van der Waals surface area contributed by atoms with E-state index in [2.05, 4.69) is 35.0 Å². The van der Waals surface area contributed by atoms with Gasteiger partial charge in [-0.05, 0) is 36.8 Å². The van der Waals surface area contributed by atoms with Gasteiger partial charge in [-0.1, -0.05) is 69.7 Å². The van der Waals surface area contributed by atoms with E-state index in [1.54, 1.807) is 7.05 Å². The van der Waals surface area contributed by atoms with E-state index in [0.717, 1.165) is 21.3 Å². The molecule has 0 spiro atoms. The van der Waals surface area contributed by atoms with E-state index in [4.69, 9.17) is 17.0 Å². The molecule has 3 nitrogen and oxygen atoms in total. The normalized spacial score (nSPS) is 16.0. The number of carbonyl (C=O) groups excluding carboxylic acids is 1. The summed E-state index contributed by atoms with van der Waals surface area (Å²) in [5.74, 6) is 0.644. The highest BCUT2D eigenvalue weighted by Gasteiger charge is 2.28. The average Bonchev–Trinajstić information content (AvgIpc) is 2.81. The van der Waals surface area contributed by atoms with Crippen LogP contribution in [0, 0.1) is 6.92 Å². The summed E-state index contributed by atoms with van der Waals surface area (Å²) in [5, 5.41) is 0. The molecule has 2 aromatic carbocycles. The summed E-state index contributed by atoms with van der Waals surface area (Å²) in [6.45, 7) is 2.53. The molecule has 2 aromatic rings. The van der Waals surface area contributed by atoms with E-state index >= 15 is 0 Å². The number of hydrogen-bond donors (Lipinski definition) is 0. The van der Waals surface area contributed by atoms with Crippen LogP contribution < -0.4 is 4.74 Å². The molecule has 0 N–H and O–H groups in total. The summed E-state index contributed by atoms with van der Waals surface area (Å²) in [4.78, 5) is 14.3. The number of rotatable bonds is 4. The molecule has 1 fully saturated rings. The van der Waals surface area contributed by atoms with Crippen LogP contribution in [0.2, 0.25) is 0 Å². The Morgan fingerprint density at radius 2 is 2.08 bits per heavy atom. The highest BCUT2D eigenvalue weighted by atomic mass is 79.9. The zero-order chi connectivity index (χ0) is 18.0. The van der Waals surface area contributed by atoms with Gasteiger partial charge in [0.15, 0.2) is 0 Å². The molecule has 1 amide bonds. The number of carbonyl (C=O) groups is 1. The second-order valence-corrected chi connectivity index (χ2v) is 8.29. The summed E-state index contributed by atoms with van der Waals surface area (Å²) in [5.41, 5.74) is 3.15. The molecule has 0 aromatic heterocycles. The average molecular weight is 434 g/mol. The third-order valence-electron chi connectivity index (χ3n) is 3.72. The zero-order valence-corrected chi connectivity index (χ0v) is 17.0. The zero-order valence-electron chi connectivity index (χ0n) is 13.8. The Morgan fingerprint density at radius 1 is 1.28 bits per heavy atom. The van der Waals surface area contributed by atoms with Gasteiger partial charge < -0.3 is 4.74 Å². The molecule has 6 heteroatoms. The number of ether oxygens (including phenoxy) is 1. The fourth-order valence-corrected chi connectivity index (χ4v) is 3.96. The monoisotopic (exact) mass is 433 g/mol. The SMILES string of the molecule is Cc1cccc(COc2ccc(Br)cc2/C=C2/SC(=S)N(C)C2=O)c1. The first-order chi connectivity index (χ1) is 11.9. The first-order valence-corrected chi connectivity index (χ1v) is 9.65. The lowest BCUT2D eigenvalue weighted by molar-refractivity contribution is -0.121. The number of amides is 1. The van der Waals surface area contributed by atoms with Gasteiger partial charge in [-0.25, -0.2) is 0 Å². The van der Waals surface area contributed by atoms with Crippen LogP contribution in [0.1, 0.15) is 16.7 Å². The van der Waals surface area contributed by atoms with Gasteiger partial charge in [0, 0.05) is 17.1 Å². The van der Waals surface area contributed by atoms with Gasteiger partial charge in [0.05, 0.1) is 4.91 Å². The highest BCUT2D eigenvalue weighted by molar-refractivity contribution is 9.10. The van der Waals surface area contributed by atoms with Gasteiger partial charge in [-0.15, -0.1) is 0 Å². The lowest BCUT2D eigenvalue weighted by atomic mass is 10.1. The van der Waals surface area contributed by atoms with E-state index in [1.165, 1.54) is 22.2 Å². The number of aryl methyl sites for hydroxylation is 1. The Bertz CT molecular complexity index is 879. The summed E-state index contributed by atoms with van der Waals surface area (Å²) >= 11 is 9.97. The van der Waals surface area contributed by atoms with Crippen LogP contribution in [0.5, 0.6) is 5.75 Å². The van der Waals surface area contributed by atoms with Crippen molar-refractivity contribution in [3.8, 4) is 5.75 Å². The molecule has 0 saturated carbocycles. The number of halogens is 1. The smallest absolute Gasteiger partial charge is 0.265 e. The number of thioether (sulfide) groups is 1. The quantitative estimate of drug-likeness (QED) is 0.491. The number of likely N-dealkylation sites (N-methyl/N-ethyl adjacent to an activating group) is 1. The topological polar surface area (TPSA) is 29.5 Å². The molecule has 1 heterocycles. The van der Waals surface area contributed by atoms with E-state index in [-0.39, 0.29) is 5.91 Å². The Labute approximate surface area is 165 Å². The maximum absolute atomic E-state index is 12.2. The van der Waals surface area contributed by atoms with Gasteiger partial charge in [0.1, 0.15) is 16.7 Å². The van der Waals surface area contributed by atoms with Crippen molar-refractivity contribution in [2.24, 2.45) is 0 Å². The van der Waals surface area contributed by atoms with Crippen LogP contribution in [0.25, 0.3) is 6.08 Å². The maximum Gasteiger partial charge on any atom is 0.265 e. The molecule has 0 atom stereocenters. The predicted molar refractivity (Wildman–Crippen MR) is 111 cm³/mol. The molecular formula is C19H16BrNO2S2. The lowest BCUT2D eigenvalue weighted by Crippen LogP contribution is -2.22. The molecule has 0 unspecified atom stereocenters. The molecule has 0 radical (unpaired) electrons. The molecule has 25 heavy (non-hydrogen) atoms. The summed E-state index contributed by atoms with van der Waals surface area (Å²) in [6.07, 6.45) is 1.83. The Balaban J connectivity index is 1.86. The van der Waals surface area contributed by atoms with Crippen molar-refractivity contribution >= 4 is 56.2 Å². The number of thiocarbonyl (C=S) groups is 1. The van der Waals surface area contributed by atoms with Crippen molar-refractivity contribution in [3.63, 3.8) is 0 Å². The molecule has 1 saturated heterocycles. The van der Waals surface area contributed by atoms with Crippen LogP contribution in [0.4, 0.5) is 0 Å². The van der Waals surface area contributed by atoms with Gasteiger partial charge >= 0.3 is 0 Å². The van der Waals surface area contributed by atoms with Crippen LogP contribution in [-0.4, -0.2) is 22.2 Å². The summed E-state index contributed by atoms with van der Waals surface area (Å²) in [7, 11) is 1.69. The van der Waals surface area contributed by atoms with Crippen molar-refractivity contribution in [3.05, 3.63) is 68.5 Å². The Morgan fingerprint density at radius 3 is 2.76 bits per heavy atom. The van der Waals surface area contributed by atoms with E-state index in [1.807, 2.05) is 36.4 Å². The molecule has 1 aliphatic heterocycles. The minimum absolute atomic E-state index is 0.0837. The fraction of sp³-hybridized carbons (Fsp3) is 0.158. The molecule has 0 bridgehead atoms. The van der Waals surface area contributed by atoms with Crippen LogP contribution in [0.3, 0.4) is 0 Å². The van der Waals surface area contributed by atoms with Crippen molar-refractivity contribution in [2.75, 3.05) is 7.05 Å². The molecule has 1 aliphatic rings. The maximum atomic E-state index is 12.2. The second kappa shape index (κ2) is 7.72. The third-order valence-corrected chi connectivity index (χ3v) is 5.70. The van der Waals surface area contributed by atoms with Crippen LogP contribution in [0.15, 0.2) is 51.8 Å². The van der Waals surface area contributed by atoms with E-state index in [9.17, 15) is 4.79 Å². The first kappa shape index (κ1) is 18.2. The van der Waals surface area contributed by atoms with E-state index < -0.39 is 0 Å². The van der Waals surface area contributed by atoms with Gasteiger partial charge in [0.25, 0.3) is 5.91 Å². The third kappa shape index (κ3) is 4.32. The van der Waals surface area contributed by atoms with Crippen molar-refractivity contribution in [2.45, 2.75) is 13.5 Å². The molecule has 128 valence electrons. The first-order valence-electron chi connectivity index (χ1n) is 7.63. The predicted octanol–water partition coefficient (Wildman–Crippen LogP) is 5.17. The fourth-order valence-electron chi connectivity index (χ4n) is 2.41. The standard InChI is InChI=1S/C19H16BrNO2S2/c1-12-4-3-5-13(8-12)11-23-16-7-6-15(20)9-14(16)10-17-18(22)21(2)19(24)25-17/h3-10H,11H2,1-2H3/b17-10+. The van der Waals surface area contributed by atoms with Crippen molar-refractivity contribution < 1.29 is 9.53 Å². The van der Waals surface area contributed by atoms with Gasteiger partial charge in [0.2, 0.25) is 0 Å². The minimum atomic E-state index is -0.0837. The largest absolute Gasteiger partial charge is 0.488 e. The van der Waals surface area contributed by atoms with Gasteiger partial charge in [-0.3, -0.25) is 9.69 Å². The summed E-state index contributed by atoms with van der Waals surface area (Å²) in [6, 6.07) is 14.0.